The van der Waals surface area contributed by atoms with E-state index in [2.05, 4.69) is 5.32 Å². The number of rotatable bonds is 3. The molecule has 0 saturated heterocycles. The Labute approximate surface area is 151 Å². The van der Waals surface area contributed by atoms with Crippen LogP contribution >= 0.6 is 0 Å². The fourth-order valence-electron chi connectivity index (χ4n) is 3.37. The number of benzene rings is 2. The van der Waals surface area contributed by atoms with Gasteiger partial charge in [-0.15, -0.1) is 0 Å². The molecule has 3 aromatic rings. The van der Waals surface area contributed by atoms with E-state index in [1.54, 1.807) is 12.1 Å². The molecule has 1 aromatic heterocycles. The molecule has 0 aliphatic heterocycles. The zero-order valence-electron chi connectivity index (χ0n) is 14.3. The van der Waals surface area contributed by atoms with Gasteiger partial charge in [-0.05, 0) is 31.4 Å². The lowest BCUT2D eigenvalue weighted by atomic mass is 9.93. The van der Waals surface area contributed by atoms with Crippen LogP contribution in [0.5, 0.6) is 0 Å². The quantitative estimate of drug-likeness (QED) is 0.763. The van der Waals surface area contributed by atoms with E-state index in [1.807, 2.05) is 48.5 Å². The van der Waals surface area contributed by atoms with E-state index < -0.39 is 5.91 Å². The molecule has 4 rings (SSSR count). The molecule has 4 heteroatoms. The lowest BCUT2D eigenvalue weighted by molar-refractivity contribution is 0.102. The van der Waals surface area contributed by atoms with Crippen molar-refractivity contribution < 1.29 is 9.21 Å². The highest BCUT2D eigenvalue weighted by molar-refractivity contribution is 6.07. The highest BCUT2D eigenvalue weighted by Crippen LogP contribution is 2.28. The van der Waals surface area contributed by atoms with Crippen molar-refractivity contribution in [3.8, 4) is 11.3 Å². The standard InChI is InChI=1S/C22H19NO3/c24-20-17-13-7-8-14-18(17)26-21(15-9-3-1-4-10-15)19(20)22(25)23-16-11-5-2-6-12-16/h1-6,9-12H,7-8,13-14H2,(H,23,25). The van der Waals surface area contributed by atoms with Gasteiger partial charge in [0.05, 0.1) is 0 Å². The van der Waals surface area contributed by atoms with Crippen molar-refractivity contribution in [2.75, 3.05) is 5.32 Å². The smallest absolute Gasteiger partial charge is 0.263 e. The van der Waals surface area contributed by atoms with Crippen LogP contribution in [0, 0.1) is 0 Å². The zero-order chi connectivity index (χ0) is 17.9. The summed E-state index contributed by atoms with van der Waals surface area (Å²) in [5, 5.41) is 2.82. The number of hydrogen-bond donors (Lipinski definition) is 1. The molecule has 130 valence electrons. The Balaban J connectivity index is 1.86. The summed E-state index contributed by atoms with van der Waals surface area (Å²) in [6.07, 6.45) is 3.35. The third-order valence-corrected chi connectivity index (χ3v) is 4.67. The van der Waals surface area contributed by atoms with Gasteiger partial charge in [0.1, 0.15) is 11.3 Å². The zero-order valence-corrected chi connectivity index (χ0v) is 14.3. The van der Waals surface area contributed by atoms with Crippen LogP contribution in [0.25, 0.3) is 11.3 Å². The van der Waals surface area contributed by atoms with Crippen molar-refractivity contribution in [3.63, 3.8) is 0 Å². The first-order valence-corrected chi connectivity index (χ1v) is 8.84. The van der Waals surface area contributed by atoms with E-state index in [1.165, 1.54) is 0 Å². The van der Waals surface area contributed by atoms with Crippen LogP contribution in [0.4, 0.5) is 5.69 Å². The van der Waals surface area contributed by atoms with Gasteiger partial charge < -0.3 is 9.73 Å². The Kier molecular flexibility index (Phi) is 4.40. The van der Waals surface area contributed by atoms with Crippen LogP contribution in [0.3, 0.4) is 0 Å². The summed E-state index contributed by atoms with van der Waals surface area (Å²) in [6.45, 7) is 0. The predicted octanol–water partition coefficient (Wildman–Crippen LogP) is 4.44. The van der Waals surface area contributed by atoms with Gasteiger partial charge in [0.2, 0.25) is 5.43 Å². The van der Waals surface area contributed by atoms with Crippen LogP contribution < -0.4 is 10.7 Å². The third-order valence-electron chi connectivity index (χ3n) is 4.67. The maximum Gasteiger partial charge on any atom is 0.263 e. The van der Waals surface area contributed by atoms with E-state index in [0.717, 1.165) is 30.6 Å². The van der Waals surface area contributed by atoms with Crippen LogP contribution in [0.1, 0.15) is 34.5 Å². The molecule has 0 fully saturated rings. The molecular formula is C22H19NO3. The molecule has 1 heterocycles. The number of fused-ring (bicyclic) bond motifs is 1. The largest absolute Gasteiger partial charge is 0.460 e. The summed E-state index contributed by atoms with van der Waals surface area (Å²) in [4.78, 5) is 26.1. The minimum atomic E-state index is -0.433. The van der Waals surface area contributed by atoms with E-state index in [4.69, 9.17) is 4.42 Å². The first-order chi connectivity index (χ1) is 12.7. The maximum atomic E-state index is 13.1. The predicted molar refractivity (Wildman–Crippen MR) is 101 cm³/mol. The van der Waals surface area contributed by atoms with Crippen LogP contribution in [-0.2, 0) is 12.8 Å². The molecular weight excluding hydrogens is 326 g/mol. The molecule has 2 aromatic carbocycles. The van der Waals surface area contributed by atoms with Crippen molar-refractivity contribution in [2.24, 2.45) is 0 Å². The van der Waals surface area contributed by atoms with Crippen molar-refractivity contribution >= 4 is 11.6 Å². The second-order valence-corrected chi connectivity index (χ2v) is 6.43. The number of nitrogens with one attached hydrogen (secondary N) is 1. The minimum Gasteiger partial charge on any atom is -0.460 e. The van der Waals surface area contributed by atoms with E-state index >= 15 is 0 Å². The fraction of sp³-hybridized carbons (Fsp3) is 0.182. The monoisotopic (exact) mass is 345 g/mol. The van der Waals surface area contributed by atoms with E-state index in [9.17, 15) is 9.59 Å². The fourth-order valence-corrected chi connectivity index (χ4v) is 3.37. The maximum absolute atomic E-state index is 13.1. The van der Waals surface area contributed by atoms with Gasteiger partial charge in [-0.25, -0.2) is 0 Å². The van der Waals surface area contributed by atoms with Crippen LogP contribution in [0.2, 0.25) is 0 Å². The highest BCUT2D eigenvalue weighted by atomic mass is 16.3. The average molecular weight is 345 g/mol. The molecule has 0 bridgehead atoms. The number of anilines is 1. The molecule has 0 spiro atoms. The van der Waals surface area contributed by atoms with Crippen molar-refractivity contribution in [1.29, 1.82) is 0 Å². The molecule has 4 nitrogen and oxygen atoms in total. The second-order valence-electron chi connectivity index (χ2n) is 6.43. The Morgan fingerprint density at radius 1 is 0.885 bits per heavy atom. The number of hydrogen-bond acceptors (Lipinski definition) is 3. The number of amides is 1. The molecule has 0 radical (unpaired) electrons. The molecule has 1 aliphatic carbocycles. The summed E-state index contributed by atoms with van der Waals surface area (Å²) < 4.78 is 6.10. The Bertz CT molecular complexity index is 991. The van der Waals surface area contributed by atoms with Crippen molar-refractivity contribution in [3.05, 3.63) is 87.8 Å². The minimum absolute atomic E-state index is 0.0840. The molecule has 0 unspecified atom stereocenters. The topological polar surface area (TPSA) is 59.3 Å². The highest BCUT2D eigenvalue weighted by Gasteiger charge is 2.26. The Morgan fingerprint density at radius 3 is 2.27 bits per heavy atom. The van der Waals surface area contributed by atoms with Gasteiger partial charge >= 0.3 is 0 Å². The van der Waals surface area contributed by atoms with Gasteiger partial charge in [-0.2, -0.15) is 0 Å². The summed E-state index contributed by atoms with van der Waals surface area (Å²) in [6, 6.07) is 18.5. The Morgan fingerprint density at radius 2 is 1.54 bits per heavy atom. The average Bonchev–Trinajstić information content (AvgIpc) is 2.69. The number of carbonyl (C=O) groups is 1. The summed E-state index contributed by atoms with van der Waals surface area (Å²) in [5.74, 6) is 0.637. The number of carbonyl (C=O) groups excluding carboxylic acids is 1. The summed E-state index contributed by atoms with van der Waals surface area (Å²) >= 11 is 0. The lowest BCUT2D eigenvalue weighted by Crippen LogP contribution is -2.27. The van der Waals surface area contributed by atoms with Gasteiger partial charge in [-0.3, -0.25) is 9.59 Å². The van der Waals surface area contributed by atoms with Crippen LogP contribution in [-0.4, -0.2) is 5.91 Å². The van der Waals surface area contributed by atoms with E-state index in [0.29, 0.717) is 23.4 Å². The molecule has 1 aliphatic rings. The number of aryl methyl sites for hydroxylation is 1. The molecule has 1 amide bonds. The normalized spacial score (nSPS) is 13.1. The van der Waals surface area contributed by atoms with Crippen LogP contribution in [0.15, 0.2) is 69.9 Å². The van der Waals surface area contributed by atoms with Gasteiger partial charge in [-0.1, -0.05) is 48.5 Å². The van der Waals surface area contributed by atoms with Gasteiger partial charge in [0.25, 0.3) is 5.91 Å². The van der Waals surface area contributed by atoms with E-state index in [-0.39, 0.29) is 11.0 Å². The first-order valence-electron chi connectivity index (χ1n) is 8.84. The van der Waals surface area contributed by atoms with Gasteiger partial charge in [0, 0.05) is 23.2 Å². The number of para-hydroxylation sites is 1. The van der Waals surface area contributed by atoms with Crippen molar-refractivity contribution in [2.45, 2.75) is 25.7 Å². The SMILES string of the molecule is O=C(Nc1ccccc1)c1c(-c2ccccc2)oc2c(c1=O)CCCC2. The molecule has 26 heavy (non-hydrogen) atoms. The molecule has 0 atom stereocenters. The molecule has 1 N–H and O–H groups in total. The summed E-state index contributed by atoms with van der Waals surface area (Å²) in [7, 11) is 0. The lowest BCUT2D eigenvalue weighted by Gasteiger charge is -2.17. The second kappa shape index (κ2) is 7.00. The van der Waals surface area contributed by atoms with Crippen molar-refractivity contribution in [1.82, 2.24) is 0 Å². The Hall–Kier alpha value is -3.14. The first kappa shape index (κ1) is 16.3. The van der Waals surface area contributed by atoms with Gasteiger partial charge in [0.15, 0.2) is 5.76 Å². The summed E-state index contributed by atoms with van der Waals surface area (Å²) in [5.41, 5.74) is 1.90. The molecule has 0 saturated carbocycles. The third kappa shape index (κ3) is 3.06.